The van der Waals surface area contributed by atoms with Crippen LogP contribution in [0.25, 0.3) is 64.9 Å². The zero-order chi connectivity index (χ0) is 87.0. The average molecular weight is 1830 g/mol. The van der Waals surface area contributed by atoms with E-state index in [0.29, 0.717) is 68.2 Å². The molecule has 2 amide bonds. The van der Waals surface area contributed by atoms with E-state index in [9.17, 15) is 86.7 Å². The molecule has 634 valence electrons. The van der Waals surface area contributed by atoms with Crippen molar-refractivity contribution in [3.05, 3.63) is 181 Å². The highest BCUT2D eigenvalue weighted by Crippen LogP contribution is 2.45. The number of carbonyl (C=O) groups is 4. The first-order valence-electron chi connectivity index (χ1n) is 34.2. The molecule has 6 N–H and O–H groups in total. The van der Waals surface area contributed by atoms with Crippen LogP contribution >= 0.6 is 103 Å². The maximum absolute atomic E-state index is 13.2. The Labute approximate surface area is 698 Å². The summed E-state index contributed by atoms with van der Waals surface area (Å²) in [6.07, 6.45) is -11.6. The number of esters is 2. The number of hydrogen-bond acceptors (Lipinski definition) is 23. The van der Waals surface area contributed by atoms with Gasteiger partial charge in [0.25, 0.3) is 17.6 Å². The summed E-state index contributed by atoms with van der Waals surface area (Å²) < 4.78 is 182. The summed E-state index contributed by atoms with van der Waals surface area (Å²) in [6.45, 7) is 15.1. The summed E-state index contributed by atoms with van der Waals surface area (Å²) in [7, 11) is 0. The van der Waals surface area contributed by atoms with Gasteiger partial charge >= 0.3 is 48.1 Å². The molecule has 0 atom stereocenters. The van der Waals surface area contributed by atoms with Gasteiger partial charge < -0.3 is 54.5 Å². The van der Waals surface area contributed by atoms with Crippen LogP contribution < -0.4 is 27.6 Å². The topological polar surface area (TPSA) is 305 Å². The second-order valence-corrected chi connectivity index (χ2v) is 28.8. The van der Waals surface area contributed by atoms with E-state index in [4.69, 9.17) is 97.5 Å². The molecular weight excluding hydrogens is 1760 g/mol. The Morgan fingerprint density at radius 1 is 0.521 bits per heavy atom. The average Bonchev–Trinajstić information content (AvgIpc) is 1.65. The maximum Gasteiger partial charge on any atom is 0.434 e. The largest absolute Gasteiger partial charge is 0.462 e. The molecule has 0 spiro atoms. The van der Waals surface area contributed by atoms with Crippen molar-refractivity contribution in [1.82, 2.24) is 29.2 Å². The molecule has 2 saturated heterocycles. The molecule has 0 unspecified atom stereocenters. The number of anilines is 1. The SMILES string of the molecule is CC=Nc1scc(-c2ccc(Cl)c(C(F)(F)F)c2)c1C(=O)OCC.CCOC(=O)c1c(-c2ccc(Cl)c(C(F)(F)F)c2)csc1N.CCOC(OCC)OCC.NO.O=C(Cl)N1CCCC1.O=C(On1cnc2scc(-c3ccc(Cl)c(C(F)(F)F)c3)c2c1=O)N1CCCC1.O=c1c2c(-c3ccc(Cl)c(C(F)(F)F)c3)csc2ncn1O. The lowest BCUT2D eigenvalue weighted by Gasteiger charge is -2.15. The fourth-order valence-electron chi connectivity index (χ4n) is 10.6. The van der Waals surface area contributed by atoms with E-state index in [1.54, 1.807) is 31.1 Å². The smallest absolute Gasteiger partial charge is 0.434 e. The highest BCUT2D eigenvalue weighted by molar-refractivity contribution is 7.17. The van der Waals surface area contributed by atoms with Gasteiger partial charge in [0.05, 0.1) is 66.3 Å². The minimum Gasteiger partial charge on any atom is -0.462 e. The van der Waals surface area contributed by atoms with E-state index in [1.807, 2.05) is 20.8 Å². The number of amides is 2. The third-order valence-electron chi connectivity index (χ3n) is 15.9. The van der Waals surface area contributed by atoms with E-state index in [0.717, 1.165) is 145 Å². The molecule has 0 aliphatic carbocycles. The predicted octanol–water partition coefficient (Wildman–Crippen LogP) is 21.5. The van der Waals surface area contributed by atoms with Gasteiger partial charge in [-0.2, -0.15) is 52.7 Å². The minimum atomic E-state index is -4.64. The van der Waals surface area contributed by atoms with Crippen molar-refractivity contribution in [2.24, 2.45) is 10.9 Å². The number of nitrogens with two attached hydrogens (primary N) is 2. The molecule has 6 aromatic heterocycles. The fraction of sp³-hybridized carbons (Fsp3) is 0.329. The third-order valence-corrected chi connectivity index (χ3v) is 20.9. The Morgan fingerprint density at radius 2 is 0.872 bits per heavy atom. The summed E-state index contributed by atoms with van der Waals surface area (Å²) >= 11 is 32.1. The fourth-order valence-corrected chi connectivity index (χ4v) is 15.3. The number of halogens is 17. The quantitative estimate of drug-likeness (QED) is 0.0102. The zero-order valence-electron chi connectivity index (χ0n) is 61.9. The standard InChI is InChI=1S/C18H13ClF3N3O3S.C16H13ClF3NO2S.C14H11ClF3NO2S.C13H6ClF3N2O2S.C7H16O3.C5H8ClNO.H3NO/c19-13-4-3-10(7-12(13)18(20,21)22)11-8-29-15-14(11)16(26)25(9-23-15)28-17(27)24-5-1-2-6-24;1-3-21-14-13(15(22)23-4-2)10(8-24-14)9-5-6-12(17)11(7-9)16(18,19)20;1-2-21-13(20)11-8(6-22-12(11)19)7-3-4-10(15)9(5-7)14(16,17)18;14-9-2-1-6(3-8(9)13(15,16)17)7-4-22-11-10(7)12(20)19(21)5-18-11;1-4-8-7(9-5-2)10-6-3;6-5(8)7-3-1-2-4-7;1-2/h3-4,7-9H,1-2,5-6H2;3,5-8H,4H2,1-2H3;3-6H,2,19H2,1H3;1-5,21H;7H,4-6H2,1-3H3;1-4H2;2H,1H2. The normalized spacial score (nSPS) is 12.8. The highest BCUT2D eigenvalue weighted by atomic mass is 35.5. The lowest BCUT2D eigenvalue weighted by Crippen LogP contribution is -2.39. The molecular formula is C73H70Cl5F12N9O14S4. The third kappa shape index (κ3) is 26.2. The number of alkyl halides is 12. The molecule has 12 rings (SSSR count). The van der Waals surface area contributed by atoms with Gasteiger partial charge in [-0.05, 0) is 150 Å². The number of ether oxygens (including phenoxy) is 5. The van der Waals surface area contributed by atoms with Crippen LogP contribution in [0, 0.1) is 0 Å². The summed E-state index contributed by atoms with van der Waals surface area (Å²) in [5.41, 5.74) is 2.54. The van der Waals surface area contributed by atoms with Crippen LogP contribution in [0.15, 0.2) is 122 Å². The van der Waals surface area contributed by atoms with Gasteiger partial charge in [0, 0.05) is 96.0 Å². The van der Waals surface area contributed by atoms with Gasteiger partial charge in [-0.25, -0.2) is 35.2 Å². The molecule has 0 saturated carbocycles. The van der Waals surface area contributed by atoms with Crippen LogP contribution in [0.3, 0.4) is 0 Å². The van der Waals surface area contributed by atoms with Crippen LogP contribution in [-0.2, 0) is 48.4 Å². The van der Waals surface area contributed by atoms with Gasteiger partial charge in [0.1, 0.15) is 43.4 Å². The molecule has 4 aromatic carbocycles. The number of rotatable bonds is 16. The van der Waals surface area contributed by atoms with Crippen LogP contribution in [0.5, 0.6) is 0 Å². The highest BCUT2D eigenvalue weighted by Gasteiger charge is 2.38. The van der Waals surface area contributed by atoms with Gasteiger partial charge in [0.15, 0.2) is 0 Å². The number of benzene rings is 4. The van der Waals surface area contributed by atoms with Gasteiger partial charge in [0.2, 0.25) is 0 Å². The van der Waals surface area contributed by atoms with E-state index >= 15 is 0 Å². The number of nitrogens with zero attached hydrogens (tertiary/aromatic N) is 7. The predicted molar refractivity (Wildman–Crippen MR) is 425 cm³/mol. The molecule has 44 heteroatoms. The van der Waals surface area contributed by atoms with Crippen molar-refractivity contribution >= 4 is 163 Å². The Bertz CT molecular complexity index is 5190. The molecule has 2 aliphatic rings. The lowest BCUT2D eigenvalue weighted by atomic mass is 10.0. The van der Waals surface area contributed by atoms with E-state index in [2.05, 4.69) is 20.9 Å². The van der Waals surface area contributed by atoms with Crippen molar-refractivity contribution in [2.75, 3.05) is 64.9 Å². The van der Waals surface area contributed by atoms with Crippen molar-refractivity contribution in [3.8, 4) is 44.5 Å². The van der Waals surface area contributed by atoms with Crippen molar-refractivity contribution in [1.29, 1.82) is 0 Å². The minimum absolute atomic E-state index is 0.0606. The number of aliphatic imine (C=N–C) groups is 1. The van der Waals surface area contributed by atoms with Crippen LogP contribution in [0.4, 0.5) is 72.3 Å². The second-order valence-electron chi connectivity index (χ2n) is 23.4. The van der Waals surface area contributed by atoms with Gasteiger partial charge in [-0.15, -0.1) is 54.8 Å². The zero-order valence-corrected chi connectivity index (χ0v) is 68.9. The summed E-state index contributed by atoms with van der Waals surface area (Å²) in [5, 5.41) is 20.8. The number of likely N-dealkylation sites (tertiary alicyclic amines) is 2. The Hall–Kier alpha value is -8.68. The summed E-state index contributed by atoms with van der Waals surface area (Å²) in [5.74, 6) is 2.21. The summed E-state index contributed by atoms with van der Waals surface area (Å²) in [6, 6.07) is 13.7. The molecule has 8 heterocycles. The first kappa shape index (κ1) is 97.2. The van der Waals surface area contributed by atoms with Crippen LogP contribution in [-0.4, -0.2) is 135 Å². The molecule has 2 aliphatic heterocycles. The molecule has 23 nitrogen and oxygen atoms in total. The Morgan fingerprint density at radius 3 is 1.24 bits per heavy atom. The number of carbonyl (C=O) groups excluding carboxylic acids is 4. The number of hydrogen-bond donors (Lipinski definition) is 4. The monoisotopic (exact) mass is 1830 g/mol. The molecule has 117 heavy (non-hydrogen) atoms. The molecule has 10 aromatic rings. The van der Waals surface area contributed by atoms with Crippen molar-refractivity contribution in [2.45, 2.75) is 98.4 Å². The molecule has 0 radical (unpaired) electrons. The lowest BCUT2D eigenvalue weighted by molar-refractivity contribution is -0.282. The van der Waals surface area contributed by atoms with E-state index in [-0.39, 0.29) is 78.9 Å². The summed E-state index contributed by atoms with van der Waals surface area (Å²) in [4.78, 5) is 92.4. The first-order chi connectivity index (χ1) is 55.2. The molecule has 0 bridgehead atoms. The number of fused-ring (bicyclic) bond motifs is 2. The van der Waals surface area contributed by atoms with Crippen molar-refractivity contribution in [3.63, 3.8) is 0 Å². The Balaban J connectivity index is 0.000000225. The van der Waals surface area contributed by atoms with Crippen LogP contribution in [0.2, 0.25) is 20.1 Å². The number of thiophene rings is 4. The maximum atomic E-state index is 13.2. The van der Waals surface area contributed by atoms with Crippen LogP contribution in [0.1, 0.15) is 110 Å². The Kier molecular flexibility index (Phi) is 36.9. The van der Waals surface area contributed by atoms with Gasteiger partial charge in [-0.3, -0.25) is 14.4 Å². The number of nitrogen functional groups attached to an aromatic ring is 1. The van der Waals surface area contributed by atoms with E-state index in [1.165, 1.54) is 51.5 Å². The van der Waals surface area contributed by atoms with E-state index < -0.39 is 103 Å². The second kappa shape index (κ2) is 44.4. The van der Waals surface area contributed by atoms with Gasteiger partial charge in [-0.1, -0.05) is 70.7 Å². The number of aromatic nitrogens is 4. The molecule has 2 fully saturated rings. The first-order valence-corrected chi connectivity index (χ1v) is 39.6. The van der Waals surface area contributed by atoms with Crippen molar-refractivity contribution < 1.29 is 111 Å².